The van der Waals surface area contributed by atoms with Gasteiger partial charge in [-0.05, 0) is 55.0 Å². The maximum absolute atomic E-state index is 13.0. The molecule has 0 aromatic heterocycles. The van der Waals surface area contributed by atoms with Crippen LogP contribution in [0.2, 0.25) is 0 Å². The van der Waals surface area contributed by atoms with E-state index in [1.54, 1.807) is 48.5 Å². The van der Waals surface area contributed by atoms with Crippen molar-refractivity contribution in [2.24, 2.45) is 0 Å². The summed E-state index contributed by atoms with van der Waals surface area (Å²) in [6, 6.07) is 21.4. The number of benzene rings is 3. The summed E-state index contributed by atoms with van der Waals surface area (Å²) < 4.78 is 44.1. The van der Waals surface area contributed by atoms with Gasteiger partial charge in [-0.15, -0.1) is 0 Å². The molecule has 0 aliphatic carbocycles. The molecule has 3 aromatic carbocycles. The Morgan fingerprint density at radius 1 is 0.914 bits per heavy atom. The van der Waals surface area contributed by atoms with Gasteiger partial charge in [0.25, 0.3) is 5.91 Å². The highest BCUT2D eigenvalue weighted by Crippen LogP contribution is 2.24. The number of carbonyl (C=O) groups excluding carboxylic acids is 1. The van der Waals surface area contributed by atoms with E-state index in [-0.39, 0.29) is 24.0 Å². The summed E-state index contributed by atoms with van der Waals surface area (Å²) in [7, 11) is -3.67. The molecule has 1 N–H and O–H groups in total. The highest BCUT2D eigenvalue weighted by atomic mass is 32.2. The fraction of sp³-hybridized carbons (Fsp3) is 0.269. The van der Waals surface area contributed by atoms with E-state index < -0.39 is 10.0 Å². The lowest BCUT2D eigenvalue weighted by Crippen LogP contribution is -2.41. The molecule has 35 heavy (non-hydrogen) atoms. The van der Waals surface area contributed by atoms with E-state index in [4.69, 9.17) is 14.2 Å². The number of hydrogen-bond acceptors (Lipinski definition) is 6. The topological polar surface area (TPSA) is 94.2 Å². The molecule has 0 radical (unpaired) electrons. The minimum atomic E-state index is -3.67. The summed E-state index contributed by atoms with van der Waals surface area (Å²) in [4.78, 5) is 12.5. The van der Waals surface area contributed by atoms with Crippen LogP contribution in [-0.4, -0.2) is 51.5 Å². The van der Waals surface area contributed by atoms with Crippen molar-refractivity contribution >= 4 is 15.9 Å². The fourth-order valence-electron chi connectivity index (χ4n) is 3.57. The third-order valence-corrected chi connectivity index (χ3v) is 7.49. The average molecular weight is 497 g/mol. The third-order valence-electron chi connectivity index (χ3n) is 5.49. The van der Waals surface area contributed by atoms with Crippen LogP contribution in [0.3, 0.4) is 0 Å². The highest BCUT2D eigenvalue weighted by molar-refractivity contribution is 7.89. The molecule has 1 fully saturated rings. The number of ether oxygens (including phenoxy) is 3. The first kappa shape index (κ1) is 24.7. The lowest BCUT2D eigenvalue weighted by Gasteiger charge is -2.27. The van der Waals surface area contributed by atoms with Crippen molar-refractivity contribution in [3.8, 4) is 17.2 Å². The molecule has 0 spiro atoms. The molecule has 8 nitrogen and oxygen atoms in total. The van der Waals surface area contributed by atoms with Crippen molar-refractivity contribution in [3.63, 3.8) is 0 Å². The van der Waals surface area contributed by atoms with Crippen LogP contribution < -0.4 is 14.8 Å². The standard InChI is InChI=1S/C26H28N2O6S/c1-20-6-8-23(9-7-20)34-24-12-10-22(11-13-24)33-19-26(29)27-18-21-4-2-3-5-25(21)35(30,31)28-14-16-32-17-15-28/h2-13H,14-19H2,1H3,(H,27,29). The van der Waals surface area contributed by atoms with Gasteiger partial charge in [0.05, 0.1) is 18.1 Å². The number of nitrogens with zero attached hydrogens (tertiary/aromatic N) is 1. The van der Waals surface area contributed by atoms with Gasteiger partial charge in [-0.1, -0.05) is 35.9 Å². The van der Waals surface area contributed by atoms with Gasteiger partial charge >= 0.3 is 0 Å². The van der Waals surface area contributed by atoms with Crippen molar-refractivity contribution in [1.29, 1.82) is 0 Å². The highest BCUT2D eigenvalue weighted by Gasteiger charge is 2.28. The molecule has 1 amide bonds. The predicted octanol–water partition coefficient (Wildman–Crippen LogP) is 3.50. The van der Waals surface area contributed by atoms with E-state index >= 15 is 0 Å². The molecular formula is C26H28N2O6S. The van der Waals surface area contributed by atoms with E-state index in [0.717, 1.165) is 11.3 Å². The molecule has 4 rings (SSSR count). The van der Waals surface area contributed by atoms with E-state index in [1.807, 2.05) is 31.2 Å². The largest absolute Gasteiger partial charge is 0.484 e. The molecule has 0 saturated carbocycles. The molecule has 1 heterocycles. The Morgan fingerprint density at radius 2 is 1.51 bits per heavy atom. The van der Waals surface area contributed by atoms with Gasteiger partial charge in [-0.2, -0.15) is 4.31 Å². The van der Waals surface area contributed by atoms with Crippen LogP contribution in [0.5, 0.6) is 17.2 Å². The number of morpholine rings is 1. The third kappa shape index (κ3) is 6.60. The predicted molar refractivity (Wildman–Crippen MR) is 131 cm³/mol. The van der Waals surface area contributed by atoms with Gasteiger partial charge in [0, 0.05) is 19.6 Å². The van der Waals surface area contributed by atoms with Crippen LogP contribution in [0.1, 0.15) is 11.1 Å². The zero-order chi connectivity index (χ0) is 24.7. The van der Waals surface area contributed by atoms with E-state index in [9.17, 15) is 13.2 Å². The van der Waals surface area contributed by atoms with Crippen LogP contribution in [0.4, 0.5) is 0 Å². The van der Waals surface area contributed by atoms with Crippen molar-refractivity contribution in [3.05, 3.63) is 83.9 Å². The molecule has 184 valence electrons. The lowest BCUT2D eigenvalue weighted by molar-refractivity contribution is -0.123. The summed E-state index contributed by atoms with van der Waals surface area (Å²) in [6.07, 6.45) is 0. The molecule has 0 bridgehead atoms. The van der Waals surface area contributed by atoms with Gasteiger partial charge in [0.2, 0.25) is 10.0 Å². The summed E-state index contributed by atoms with van der Waals surface area (Å²) >= 11 is 0. The zero-order valence-electron chi connectivity index (χ0n) is 19.5. The lowest BCUT2D eigenvalue weighted by atomic mass is 10.2. The molecule has 0 atom stereocenters. The van der Waals surface area contributed by atoms with Gasteiger partial charge in [-0.3, -0.25) is 4.79 Å². The summed E-state index contributed by atoms with van der Waals surface area (Å²) in [5, 5.41) is 2.74. The van der Waals surface area contributed by atoms with E-state index in [1.165, 1.54) is 4.31 Å². The van der Waals surface area contributed by atoms with Crippen LogP contribution in [0.25, 0.3) is 0 Å². The minimum absolute atomic E-state index is 0.0747. The number of aryl methyl sites for hydroxylation is 1. The number of rotatable bonds is 9. The summed E-state index contributed by atoms with van der Waals surface area (Å²) in [5.41, 5.74) is 1.67. The van der Waals surface area contributed by atoms with Gasteiger partial charge in [-0.25, -0.2) is 8.42 Å². The first-order chi connectivity index (χ1) is 16.9. The molecular weight excluding hydrogens is 468 g/mol. The first-order valence-electron chi connectivity index (χ1n) is 11.3. The molecule has 0 unspecified atom stereocenters. The average Bonchev–Trinajstić information content (AvgIpc) is 2.89. The molecule has 1 saturated heterocycles. The monoisotopic (exact) mass is 496 g/mol. The second kappa shape index (κ2) is 11.4. The maximum atomic E-state index is 13.0. The van der Waals surface area contributed by atoms with E-state index in [2.05, 4.69) is 5.32 Å². The zero-order valence-corrected chi connectivity index (χ0v) is 20.3. The molecule has 1 aliphatic heterocycles. The first-order valence-corrected chi connectivity index (χ1v) is 12.8. The fourth-order valence-corrected chi connectivity index (χ4v) is 5.20. The Morgan fingerprint density at radius 3 is 2.20 bits per heavy atom. The summed E-state index contributed by atoms with van der Waals surface area (Å²) in [6.45, 7) is 3.25. The van der Waals surface area contributed by atoms with Gasteiger partial charge in [0.1, 0.15) is 17.2 Å². The number of amides is 1. The Bertz CT molecular complexity index is 1240. The van der Waals surface area contributed by atoms with Gasteiger partial charge < -0.3 is 19.5 Å². The number of nitrogens with one attached hydrogen (secondary N) is 1. The quantitative estimate of drug-likeness (QED) is 0.487. The SMILES string of the molecule is Cc1ccc(Oc2ccc(OCC(=O)NCc3ccccc3S(=O)(=O)N3CCOCC3)cc2)cc1. The molecule has 1 aliphatic rings. The van der Waals surface area contributed by atoms with E-state index in [0.29, 0.717) is 43.4 Å². The van der Waals surface area contributed by atoms with Crippen LogP contribution in [0.15, 0.2) is 77.7 Å². The second-order valence-corrected chi connectivity index (χ2v) is 9.98. The van der Waals surface area contributed by atoms with Crippen molar-refractivity contribution < 1.29 is 27.4 Å². The Balaban J connectivity index is 1.29. The number of carbonyl (C=O) groups is 1. The Labute approximate surface area is 205 Å². The van der Waals surface area contributed by atoms with Crippen molar-refractivity contribution in [2.45, 2.75) is 18.4 Å². The van der Waals surface area contributed by atoms with Gasteiger partial charge in [0.15, 0.2) is 6.61 Å². The van der Waals surface area contributed by atoms with Crippen LogP contribution >= 0.6 is 0 Å². The van der Waals surface area contributed by atoms with Crippen LogP contribution in [0, 0.1) is 6.92 Å². The number of sulfonamides is 1. The molecule has 3 aromatic rings. The second-order valence-electron chi connectivity index (χ2n) is 8.08. The van der Waals surface area contributed by atoms with Crippen molar-refractivity contribution in [2.75, 3.05) is 32.9 Å². The van der Waals surface area contributed by atoms with Crippen LogP contribution in [-0.2, 0) is 26.1 Å². The Hall–Kier alpha value is -3.40. The summed E-state index contributed by atoms with van der Waals surface area (Å²) in [5.74, 6) is 1.55. The van der Waals surface area contributed by atoms with Crippen molar-refractivity contribution in [1.82, 2.24) is 9.62 Å². The molecule has 9 heteroatoms. The smallest absolute Gasteiger partial charge is 0.258 e. The number of hydrogen-bond donors (Lipinski definition) is 1. The maximum Gasteiger partial charge on any atom is 0.258 e. The normalized spacial score (nSPS) is 14.3. The minimum Gasteiger partial charge on any atom is -0.484 e. The Kier molecular flexibility index (Phi) is 8.02.